The van der Waals surface area contributed by atoms with Crippen LogP contribution in [0.5, 0.6) is 0 Å². The second-order valence-corrected chi connectivity index (χ2v) is 6.33. The molecular weight excluding hydrogens is 290 g/mol. The monoisotopic (exact) mass is 299 g/mol. The second kappa shape index (κ2) is 4.68. The molecule has 15 heavy (non-hydrogen) atoms. The molecule has 78 valence electrons. The molecule has 0 spiro atoms. The van der Waals surface area contributed by atoms with Gasteiger partial charge in [0.1, 0.15) is 0 Å². The van der Waals surface area contributed by atoms with Crippen molar-refractivity contribution in [3.05, 3.63) is 34.8 Å². The van der Waals surface area contributed by atoms with Crippen LogP contribution in [0, 0.1) is 6.92 Å². The average Bonchev–Trinajstić information content (AvgIpc) is 2.57. The van der Waals surface area contributed by atoms with Crippen LogP contribution >= 0.6 is 39.0 Å². The van der Waals surface area contributed by atoms with Gasteiger partial charge in [0.25, 0.3) is 0 Å². The summed E-state index contributed by atoms with van der Waals surface area (Å²) in [7, 11) is 0. The summed E-state index contributed by atoms with van der Waals surface area (Å²) >= 11 is 7.01. The first-order valence-corrected chi connectivity index (χ1v) is 7.10. The van der Waals surface area contributed by atoms with Crippen molar-refractivity contribution in [3.63, 3.8) is 0 Å². The van der Waals surface area contributed by atoms with Gasteiger partial charge in [-0.15, -0.1) is 17.9 Å². The summed E-state index contributed by atoms with van der Waals surface area (Å²) in [6, 6.07) is 4.28. The molecule has 1 nitrogen and oxygen atoms in total. The van der Waals surface area contributed by atoms with Gasteiger partial charge >= 0.3 is 0 Å². The molecule has 0 fully saturated rings. The minimum Gasteiger partial charge on any atom is -0.228 e. The van der Waals surface area contributed by atoms with Crippen molar-refractivity contribution in [1.82, 2.24) is 4.98 Å². The number of hydrogen-bond donors (Lipinski definition) is 0. The molecule has 2 aromatic rings. The van der Waals surface area contributed by atoms with Gasteiger partial charge in [-0.3, -0.25) is 0 Å². The maximum atomic E-state index is 4.58. The molecule has 0 saturated carbocycles. The Kier molecular flexibility index (Phi) is 3.49. The Balaban J connectivity index is 2.45. The van der Waals surface area contributed by atoms with E-state index in [1.54, 1.807) is 23.1 Å². The van der Waals surface area contributed by atoms with Gasteiger partial charge in [-0.25, -0.2) is 4.98 Å². The third-order valence-corrected chi connectivity index (χ3v) is 4.64. The maximum absolute atomic E-state index is 4.58. The number of thiazole rings is 1. The summed E-state index contributed by atoms with van der Waals surface area (Å²) in [5.74, 6) is 0.913. The fourth-order valence-corrected chi connectivity index (χ4v) is 4.03. The molecular formula is C11H10BrNS2. The van der Waals surface area contributed by atoms with Gasteiger partial charge in [-0.1, -0.05) is 17.8 Å². The highest BCUT2D eigenvalue weighted by Crippen LogP contribution is 2.34. The van der Waals surface area contributed by atoms with E-state index in [1.165, 1.54) is 10.3 Å². The van der Waals surface area contributed by atoms with Crippen molar-refractivity contribution in [2.75, 3.05) is 5.75 Å². The molecule has 0 atom stereocenters. The lowest BCUT2D eigenvalue weighted by atomic mass is 10.2. The highest BCUT2D eigenvalue weighted by Gasteiger charge is 2.07. The highest BCUT2D eigenvalue weighted by atomic mass is 79.9. The molecule has 2 rings (SSSR count). The number of nitrogens with zero attached hydrogens (tertiary/aromatic N) is 1. The van der Waals surface area contributed by atoms with Crippen LogP contribution in [-0.2, 0) is 0 Å². The molecule has 1 heterocycles. The van der Waals surface area contributed by atoms with Crippen LogP contribution < -0.4 is 0 Å². The zero-order valence-electron chi connectivity index (χ0n) is 8.29. The fraction of sp³-hybridized carbons (Fsp3) is 0.182. The van der Waals surface area contributed by atoms with Crippen LogP contribution in [0.1, 0.15) is 5.56 Å². The number of rotatable bonds is 3. The van der Waals surface area contributed by atoms with Gasteiger partial charge in [0, 0.05) is 10.2 Å². The smallest absolute Gasteiger partial charge is 0.151 e. The van der Waals surface area contributed by atoms with Gasteiger partial charge in [-0.2, -0.15) is 0 Å². The molecule has 4 heteroatoms. The summed E-state index contributed by atoms with van der Waals surface area (Å²) < 4.78 is 3.43. The predicted molar refractivity (Wildman–Crippen MR) is 73.0 cm³/mol. The topological polar surface area (TPSA) is 12.9 Å². The van der Waals surface area contributed by atoms with Crippen molar-refractivity contribution in [2.24, 2.45) is 0 Å². The summed E-state index contributed by atoms with van der Waals surface area (Å²) in [5.41, 5.74) is 2.33. The Morgan fingerprint density at radius 3 is 3.13 bits per heavy atom. The molecule has 0 saturated heterocycles. The normalized spacial score (nSPS) is 10.8. The van der Waals surface area contributed by atoms with Crippen LogP contribution in [0.2, 0.25) is 0 Å². The third-order valence-electron chi connectivity index (χ3n) is 1.90. The van der Waals surface area contributed by atoms with E-state index in [1.807, 2.05) is 6.08 Å². The molecule has 0 aliphatic rings. The van der Waals surface area contributed by atoms with Crippen molar-refractivity contribution in [1.29, 1.82) is 0 Å². The Labute approximate surface area is 106 Å². The number of benzene rings is 1. The first-order chi connectivity index (χ1) is 7.20. The van der Waals surface area contributed by atoms with E-state index >= 15 is 0 Å². The minimum absolute atomic E-state index is 0.913. The highest BCUT2D eigenvalue weighted by molar-refractivity contribution is 9.10. The molecule has 1 aromatic carbocycles. The summed E-state index contributed by atoms with van der Waals surface area (Å²) in [5, 5.41) is 0. The van der Waals surface area contributed by atoms with Gasteiger partial charge < -0.3 is 0 Å². The largest absolute Gasteiger partial charge is 0.228 e. The molecule has 0 N–H and O–H groups in total. The lowest BCUT2D eigenvalue weighted by molar-refractivity contribution is 1.29. The van der Waals surface area contributed by atoms with Crippen molar-refractivity contribution >= 4 is 49.2 Å². The van der Waals surface area contributed by atoms with E-state index in [0.29, 0.717) is 0 Å². The minimum atomic E-state index is 0.913. The first-order valence-electron chi connectivity index (χ1n) is 4.51. The lowest BCUT2D eigenvalue weighted by Crippen LogP contribution is -1.75. The Morgan fingerprint density at radius 1 is 1.60 bits per heavy atom. The Hall–Kier alpha value is -0.320. The molecule has 1 aromatic heterocycles. The molecule has 0 aliphatic heterocycles. The van der Waals surface area contributed by atoms with Crippen LogP contribution in [-0.4, -0.2) is 10.7 Å². The van der Waals surface area contributed by atoms with Crippen LogP contribution in [0.3, 0.4) is 0 Å². The van der Waals surface area contributed by atoms with Gasteiger partial charge in [-0.05, 0) is 40.5 Å². The second-order valence-electron chi connectivity index (χ2n) is 3.17. The standard InChI is InChI=1S/C11H10BrNS2/c1-3-4-14-11-13-10-8(12)5-7(2)6-9(10)15-11/h3,5-6H,1,4H2,2H3. The predicted octanol–water partition coefficient (Wildman–Crippen LogP) is 4.65. The number of fused-ring (bicyclic) bond motifs is 1. The first kappa shape index (κ1) is 11.2. The van der Waals surface area contributed by atoms with Gasteiger partial charge in [0.15, 0.2) is 4.34 Å². The van der Waals surface area contributed by atoms with Crippen LogP contribution in [0.15, 0.2) is 33.6 Å². The van der Waals surface area contributed by atoms with Gasteiger partial charge in [0.2, 0.25) is 0 Å². The number of hydrogen-bond acceptors (Lipinski definition) is 3. The van der Waals surface area contributed by atoms with E-state index in [-0.39, 0.29) is 0 Å². The van der Waals surface area contributed by atoms with E-state index in [9.17, 15) is 0 Å². The number of aromatic nitrogens is 1. The Morgan fingerprint density at radius 2 is 2.40 bits per heavy atom. The van der Waals surface area contributed by atoms with Crippen molar-refractivity contribution in [3.8, 4) is 0 Å². The maximum Gasteiger partial charge on any atom is 0.151 e. The average molecular weight is 300 g/mol. The van der Waals surface area contributed by atoms with Crippen LogP contribution in [0.4, 0.5) is 0 Å². The van der Waals surface area contributed by atoms with E-state index in [2.05, 4.69) is 46.5 Å². The van der Waals surface area contributed by atoms with E-state index in [4.69, 9.17) is 0 Å². The third kappa shape index (κ3) is 2.44. The zero-order chi connectivity index (χ0) is 10.8. The van der Waals surface area contributed by atoms with Crippen molar-refractivity contribution in [2.45, 2.75) is 11.3 Å². The summed E-state index contributed by atoms with van der Waals surface area (Å²) in [6.45, 7) is 5.81. The van der Waals surface area contributed by atoms with E-state index in [0.717, 1.165) is 20.1 Å². The SMILES string of the molecule is C=CCSc1nc2c(Br)cc(C)cc2s1. The molecule has 0 radical (unpaired) electrons. The quantitative estimate of drug-likeness (QED) is 0.605. The molecule has 0 unspecified atom stereocenters. The van der Waals surface area contributed by atoms with Crippen molar-refractivity contribution < 1.29 is 0 Å². The Bertz CT molecular complexity index is 505. The molecule has 0 aliphatic carbocycles. The van der Waals surface area contributed by atoms with E-state index < -0.39 is 0 Å². The van der Waals surface area contributed by atoms with Gasteiger partial charge in [0.05, 0.1) is 10.2 Å². The molecule has 0 amide bonds. The number of halogens is 1. The molecule has 0 bridgehead atoms. The lowest BCUT2D eigenvalue weighted by Gasteiger charge is -1.94. The number of thioether (sulfide) groups is 1. The number of aryl methyl sites for hydroxylation is 1. The summed E-state index contributed by atoms with van der Waals surface area (Å²) in [6.07, 6.45) is 1.90. The summed E-state index contributed by atoms with van der Waals surface area (Å²) in [4.78, 5) is 4.58. The fourth-order valence-electron chi connectivity index (χ4n) is 1.29. The van der Waals surface area contributed by atoms with Crippen LogP contribution in [0.25, 0.3) is 10.2 Å². The zero-order valence-corrected chi connectivity index (χ0v) is 11.5.